The van der Waals surface area contributed by atoms with Gasteiger partial charge in [0.15, 0.2) is 0 Å². The summed E-state index contributed by atoms with van der Waals surface area (Å²) in [5.74, 6) is -1.23. The number of piperidine rings is 1. The molecule has 0 radical (unpaired) electrons. The van der Waals surface area contributed by atoms with Gasteiger partial charge >= 0.3 is 5.97 Å². The predicted octanol–water partition coefficient (Wildman–Crippen LogP) is 0.879. The number of methoxy groups -OCH3 is 1. The molecule has 0 aromatic rings. The summed E-state index contributed by atoms with van der Waals surface area (Å²) in [5, 5.41) is 9.00. The summed E-state index contributed by atoms with van der Waals surface area (Å²) in [6.07, 6.45) is 3.96. The van der Waals surface area contributed by atoms with E-state index in [4.69, 9.17) is 9.84 Å². The van der Waals surface area contributed by atoms with Crippen LogP contribution in [0.25, 0.3) is 0 Å². The largest absolute Gasteiger partial charge is 0.481 e. The van der Waals surface area contributed by atoms with Gasteiger partial charge in [0.25, 0.3) is 5.91 Å². The Hall–Kier alpha value is -1.10. The standard InChI is InChI=1S/C12H19NO4/c1-17-12(5-3-6-12)11(16)13-7-2-4-9(8-13)10(14)15/h9H,2-8H2,1H3,(H,14,15). The molecule has 5 nitrogen and oxygen atoms in total. The highest BCUT2D eigenvalue weighted by Crippen LogP contribution is 2.37. The zero-order chi connectivity index (χ0) is 12.5. The number of hydrogen-bond donors (Lipinski definition) is 1. The maximum Gasteiger partial charge on any atom is 0.308 e. The third kappa shape index (κ3) is 2.16. The number of amides is 1. The van der Waals surface area contributed by atoms with Crippen LogP contribution >= 0.6 is 0 Å². The molecule has 5 heteroatoms. The Bertz CT molecular complexity index is 319. The Morgan fingerprint density at radius 2 is 2.06 bits per heavy atom. The van der Waals surface area contributed by atoms with Crippen molar-refractivity contribution < 1.29 is 19.4 Å². The summed E-state index contributed by atoms with van der Waals surface area (Å²) >= 11 is 0. The number of aliphatic carboxylic acids is 1. The Balaban J connectivity index is 2.02. The minimum absolute atomic E-state index is 0.0165. The monoisotopic (exact) mass is 241 g/mol. The van der Waals surface area contributed by atoms with Gasteiger partial charge in [-0.15, -0.1) is 0 Å². The molecular weight excluding hydrogens is 222 g/mol. The van der Waals surface area contributed by atoms with Crippen molar-refractivity contribution in [3.63, 3.8) is 0 Å². The van der Waals surface area contributed by atoms with Gasteiger partial charge in [-0.25, -0.2) is 0 Å². The average Bonchev–Trinajstić information content (AvgIpc) is 2.28. The number of carbonyl (C=O) groups is 2. The fourth-order valence-electron chi connectivity index (χ4n) is 2.65. The summed E-state index contributed by atoms with van der Waals surface area (Å²) < 4.78 is 5.35. The number of rotatable bonds is 3. The molecule has 0 aromatic heterocycles. The molecule has 0 spiro atoms. The van der Waals surface area contributed by atoms with E-state index in [1.165, 1.54) is 0 Å². The van der Waals surface area contributed by atoms with Gasteiger partial charge in [-0.1, -0.05) is 0 Å². The molecule has 2 fully saturated rings. The van der Waals surface area contributed by atoms with Crippen molar-refractivity contribution in [2.45, 2.75) is 37.7 Å². The van der Waals surface area contributed by atoms with Crippen molar-refractivity contribution >= 4 is 11.9 Å². The molecule has 1 N–H and O–H groups in total. The van der Waals surface area contributed by atoms with Crippen molar-refractivity contribution in [3.8, 4) is 0 Å². The summed E-state index contributed by atoms with van der Waals surface area (Å²) in [5.41, 5.74) is -0.652. The fraction of sp³-hybridized carbons (Fsp3) is 0.833. The normalized spacial score (nSPS) is 27.4. The first kappa shape index (κ1) is 12.4. The molecule has 0 bridgehead atoms. The van der Waals surface area contributed by atoms with Gasteiger partial charge in [0, 0.05) is 20.2 Å². The Kier molecular flexibility index (Phi) is 3.38. The third-order valence-corrected chi connectivity index (χ3v) is 4.00. The van der Waals surface area contributed by atoms with Crippen LogP contribution in [-0.4, -0.2) is 47.7 Å². The second kappa shape index (κ2) is 4.64. The second-order valence-corrected chi connectivity index (χ2v) is 4.98. The quantitative estimate of drug-likeness (QED) is 0.796. The van der Waals surface area contributed by atoms with Crippen LogP contribution in [0.5, 0.6) is 0 Å². The van der Waals surface area contributed by atoms with Crippen molar-refractivity contribution in [2.75, 3.05) is 20.2 Å². The van der Waals surface area contributed by atoms with Gasteiger partial charge in [-0.05, 0) is 32.1 Å². The van der Waals surface area contributed by atoms with Gasteiger partial charge in [-0.2, -0.15) is 0 Å². The minimum Gasteiger partial charge on any atom is -0.481 e. The molecule has 2 aliphatic rings. The topological polar surface area (TPSA) is 66.8 Å². The zero-order valence-electron chi connectivity index (χ0n) is 10.1. The van der Waals surface area contributed by atoms with Gasteiger partial charge in [-0.3, -0.25) is 9.59 Å². The van der Waals surface area contributed by atoms with Crippen LogP contribution in [0.15, 0.2) is 0 Å². The van der Waals surface area contributed by atoms with Gasteiger partial charge < -0.3 is 14.7 Å². The molecule has 96 valence electrons. The van der Waals surface area contributed by atoms with Crippen molar-refractivity contribution in [2.24, 2.45) is 5.92 Å². The average molecular weight is 241 g/mol. The molecule has 1 unspecified atom stereocenters. The van der Waals surface area contributed by atoms with Crippen LogP contribution < -0.4 is 0 Å². The van der Waals surface area contributed by atoms with Crippen LogP contribution in [0.3, 0.4) is 0 Å². The second-order valence-electron chi connectivity index (χ2n) is 4.98. The molecule has 1 atom stereocenters. The lowest BCUT2D eigenvalue weighted by Gasteiger charge is -2.43. The molecular formula is C12H19NO4. The highest BCUT2D eigenvalue weighted by Gasteiger charge is 2.47. The molecule has 1 heterocycles. The number of carboxylic acids is 1. The van der Waals surface area contributed by atoms with E-state index in [1.807, 2.05) is 0 Å². The van der Waals surface area contributed by atoms with E-state index in [0.717, 1.165) is 25.7 Å². The zero-order valence-corrected chi connectivity index (χ0v) is 10.1. The van der Waals surface area contributed by atoms with E-state index < -0.39 is 17.5 Å². The van der Waals surface area contributed by atoms with E-state index >= 15 is 0 Å². The number of likely N-dealkylation sites (tertiary alicyclic amines) is 1. The van der Waals surface area contributed by atoms with Crippen LogP contribution in [0.2, 0.25) is 0 Å². The first-order chi connectivity index (χ1) is 8.09. The molecule has 2 rings (SSSR count). The van der Waals surface area contributed by atoms with Crippen molar-refractivity contribution in [1.29, 1.82) is 0 Å². The maximum atomic E-state index is 12.3. The molecule has 1 amide bonds. The molecule has 17 heavy (non-hydrogen) atoms. The maximum absolute atomic E-state index is 12.3. The minimum atomic E-state index is -0.803. The number of ether oxygens (including phenoxy) is 1. The van der Waals surface area contributed by atoms with Crippen LogP contribution in [0.4, 0.5) is 0 Å². The number of carbonyl (C=O) groups excluding carboxylic acids is 1. The number of hydrogen-bond acceptors (Lipinski definition) is 3. The summed E-state index contributed by atoms with van der Waals surface area (Å²) in [6.45, 7) is 0.993. The Labute approximate surface area is 101 Å². The molecule has 1 aliphatic carbocycles. The lowest BCUT2D eigenvalue weighted by molar-refractivity contribution is -0.169. The predicted molar refractivity (Wildman–Crippen MR) is 60.5 cm³/mol. The SMILES string of the molecule is COC1(C(=O)N2CCCC(C(=O)O)C2)CCC1. The third-order valence-electron chi connectivity index (χ3n) is 4.00. The van der Waals surface area contributed by atoms with E-state index in [1.54, 1.807) is 12.0 Å². The first-order valence-electron chi connectivity index (χ1n) is 6.16. The molecule has 1 saturated carbocycles. The van der Waals surface area contributed by atoms with E-state index in [9.17, 15) is 9.59 Å². The smallest absolute Gasteiger partial charge is 0.308 e. The van der Waals surface area contributed by atoms with Crippen molar-refractivity contribution in [3.05, 3.63) is 0 Å². The van der Waals surface area contributed by atoms with Crippen LogP contribution in [0.1, 0.15) is 32.1 Å². The molecule has 0 aromatic carbocycles. The lowest BCUT2D eigenvalue weighted by atomic mass is 9.78. The molecule has 1 saturated heterocycles. The van der Waals surface area contributed by atoms with Gasteiger partial charge in [0.05, 0.1) is 5.92 Å². The van der Waals surface area contributed by atoms with E-state index in [2.05, 4.69) is 0 Å². The fourth-order valence-corrected chi connectivity index (χ4v) is 2.65. The van der Waals surface area contributed by atoms with Crippen LogP contribution in [0, 0.1) is 5.92 Å². The first-order valence-corrected chi connectivity index (χ1v) is 6.16. The highest BCUT2D eigenvalue weighted by molar-refractivity contribution is 5.87. The summed E-state index contributed by atoms with van der Waals surface area (Å²) in [4.78, 5) is 24.9. The Morgan fingerprint density at radius 3 is 2.53 bits per heavy atom. The highest BCUT2D eigenvalue weighted by atomic mass is 16.5. The molecule has 1 aliphatic heterocycles. The van der Waals surface area contributed by atoms with E-state index in [0.29, 0.717) is 19.5 Å². The Morgan fingerprint density at radius 1 is 1.35 bits per heavy atom. The van der Waals surface area contributed by atoms with Gasteiger partial charge in [0.2, 0.25) is 0 Å². The lowest BCUT2D eigenvalue weighted by Crippen LogP contribution is -2.57. The van der Waals surface area contributed by atoms with Crippen LogP contribution in [-0.2, 0) is 14.3 Å². The van der Waals surface area contributed by atoms with E-state index in [-0.39, 0.29) is 5.91 Å². The number of nitrogens with zero attached hydrogens (tertiary/aromatic N) is 1. The van der Waals surface area contributed by atoms with Gasteiger partial charge in [0.1, 0.15) is 5.60 Å². The summed E-state index contributed by atoms with van der Waals surface area (Å²) in [7, 11) is 1.57. The number of carboxylic acid groups (broad SMARTS) is 1. The van der Waals surface area contributed by atoms with Crippen molar-refractivity contribution in [1.82, 2.24) is 4.90 Å². The summed E-state index contributed by atoms with van der Waals surface area (Å²) in [6, 6.07) is 0.